The maximum absolute atomic E-state index is 11.7. The van der Waals surface area contributed by atoms with Crippen LogP contribution in [0.1, 0.15) is 16.7 Å². The zero-order valence-corrected chi connectivity index (χ0v) is 36.4. The van der Waals surface area contributed by atoms with Gasteiger partial charge >= 0.3 is 0 Å². The molecule has 5 heteroatoms. The lowest BCUT2D eigenvalue weighted by Gasteiger charge is -2.18. The summed E-state index contributed by atoms with van der Waals surface area (Å²) in [6.45, 7) is 4.26. The first-order chi connectivity index (χ1) is 32.5. The van der Waals surface area contributed by atoms with Gasteiger partial charge in [0, 0.05) is 38.2 Å². The zero-order chi connectivity index (χ0) is 44.3. The fourth-order valence-corrected chi connectivity index (χ4v) is 9.77. The minimum Gasteiger partial charge on any atom is -0.308 e. The largest absolute Gasteiger partial charge is 0.308 e. The Bertz CT molecular complexity index is 3660. The molecule has 12 rings (SSSR count). The van der Waals surface area contributed by atoms with Crippen molar-refractivity contribution in [2.75, 3.05) is 0 Å². The molecule has 66 heavy (non-hydrogen) atoms. The van der Waals surface area contributed by atoms with Crippen LogP contribution >= 0.6 is 0 Å². The van der Waals surface area contributed by atoms with Gasteiger partial charge in [-0.15, -0.1) is 0 Å². The summed E-state index contributed by atoms with van der Waals surface area (Å²) in [7, 11) is 0. The van der Waals surface area contributed by atoms with E-state index in [0.29, 0.717) is 11.4 Å². The molecule has 9 aromatic carbocycles. The molecular weight excluding hydrogens is 803 g/mol. The molecule has 0 unspecified atom stereocenters. The number of hydrogen-bond acceptors (Lipinski definition) is 3. The molecule has 0 saturated carbocycles. The number of benzene rings is 9. The summed E-state index contributed by atoms with van der Waals surface area (Å²) in [5, 5.41) is 16.1. The van der Waals surface area contributed by atoms with E-state index >= 15 is 0 Å². The second kappa shape index (κ2) is 15.7. The lowest BCUT2D eigenvalue weighted by atomic mass is 10.0. The Labute approximate surface area is 382 Å². The van der Waals surface area contributed by atoms with Gasteiger partial charge in [-0.3, -0.25) is 0 Å². The average molecular weight is 844 g/mol. The lowest BCUT2D eigenvalue weighted by molar-refractivity contribution is 1.11. The van der Waals surface area contributed by atoms with Gasteiger partial charge in [-0.2, -0.15) is 5.26 Å². The van der Waals surface area contributed by atoms with Crippen molar-refractivity contribution in [3.05, 3.63) is 229 Å². The van der Waals surface area contributed by atoms with Gasteiger partial charge in [-0.05, 0) is 90.7 Å². The molecule has 5 nitrogen and oxygen atoms in total. The minimum absolute atomic E-state index is 0.539. The Morgan fingerprint density at radius 3 is 1.21 bits per heavy atom. The Morgan fingerprint density at radius 1 is 0.348 bits per heavy atom. The van der Waals surface area contributed by atoms with E-state index in [1.807, 2.05) is 36.4 Å². The van der Waals surface area contributed by atoms with Gasteiger partial charge in [0.15, 0.2) is 5.82 Å². The van der Waals surface area contributed by atoms with Crippen LogP contribution in [0.2, 0.25) is 0 Å². The molecule has 0 atom stereocenters. The first-order valence-corrected chi connectivity index (χ1v) is 22.3. The molecule has 0 aliphatic rings. The van der Waals surface area contributed by atoms with E-state index in [9.17, 15) is 5.26 Å². The quantitative estimate of drug-likeness (QED) is 0.161. The van der Waals surface area contributed by atoms with E-state index in [1.54, 1.807) is 0 Å². The number of nitrogens with zero attached hydrogens (tertiary/aromatic N) is 5. The van der Waals surface area contributed by atoms with Crippen molar-refractivity contribution >= 4 is 43.6 Å². The number of aromatic nitrogens is 4. The van der Waals surface area contributed by atoms with E-state index in [0.717, 1.165) is 105 Å². The van der Waals surface area contributed by atoms with Crippen molar-refractivity contribution in [1.29, 1.82) is 5.26 Å². The Morgan fingerprint density at radius 2 is 0.758 bits per heavy atom. The second-order valence-electron chi connectivity index (χ2n) is 17.1. The first kappa shape index (κ1) is 38.8. The predicted octanol–water partition coefficient (Wildman–Crippen LogP) is 15.5. The number of aryl methyl sites for hydroxylation is 2. The van der Waals surface area contributed by atoms with Gasteiger partial charge in [-0.25, -0.2) is 9.97 Å². The van der Waals surface area contributed by atoms with Crippen LogP contribution in [0.5, 0.6) is 0 Å². The molecule has 3 aromatic heterocycles. The highest BCUT2D eigenvalue weighted by Gasteiger charge is 2.24. The molecule has 0 radical (unpaired) electrons. The second-order valence-corrected chi connectivity index (χ2v) is 17.1. The Balaban J connectivity index is 1.18. The van der Waals surface area contributed by atoms with Gasteiger partial charge in [0.25, 0.3) is 0 Å². The minimum atomic E-state index is 0.539. The summed E-state index contributed by atoms with van der Waals surface area (Å²) in [6.07, 6.45) is 0. The molecule has 0 spiro atoms. The van der Waals surface area contributed by atoms with E-state index in [2.05, 4.69) is 205 Å². The smallest absolute Gasteiger partial charge is 0.160 e. The van der Waals surface area contributed by atoms with E-state index in [1.165, 1.54) is 11.1 Å². The maximum Gasteiger partial charge on any atom is 0.160 e. The van der Waals surface area contributed by atoms with Crippen molar-refractivity contribution in [1.82, 2.24) is 19.1 Å². The monoisotopic (exact) mass is 843 g/mol. The highest BCUT2D eigenvalue weighted by atomic mass is 15.0. The number of para-hydroxylation sites is 2. The predicted molar refractivity (Wildman–Crippen MR) is 272 cm³/mol. The normalized spacial score (nSPS) is 11.5. The number of nitriles is 1. The van der Waals surface area contributed by atoms with Crippen molar-refractivity contribution in [2.24, 2.45) is 0 Å². The van der Waals surface area contributed by atoms with Crippen molar-refractivity contribution < 1.29 is 0 Å². The van der Waals surface area contributed by atoms with Crippen LogP contribution in [-0.4, -0.2) is 19.1 Å². The van der Waals surface area contributed by atoms with Crippen LogP contribution in [0.15, 0.2) is 212 Å². The Hall–Kier alpha value is -8.85. The van der Waals surface area contributed by atoms with Crippen LogP contribution in [0.3, 0.4) is 0 Å². The third kappa shape index (κ3) is 6.55. The van der Waals surface area contributed by atoms with Gasteiger partial charge in [-0.1, -0.05) is 169 Å². The molecular formula is C61H41N5. The summed E-state index contributed by atoms with van der Waals surface area (Å²) in [6, 6.07) is 77.3. The van der Waals surface area contributed by atoms with Crippen LogP contribution in [-0.2, 0) is 0 Å². The first-order valence-electron chi connectivity index (χ1n) is 22.3. The topological polar surface area (TPSA) is 59.4 Å². The third-order valence-corrected chi connectivity index (χ3v) is 12.9. The highest BCUT2D eigenvalue weighted by molar-refractivity contribution is 6.12. The maximum atomic E-state index is 11.7. The fourth-order valence-electron chi connectivity index (χ4n) is 9.77. The summed E-state index contributed by atoms with van der Waals surface area (Å²) in [5.74, 6) is 0.562. The molecule has 0 aliphatic carbocycles. The summed E-state index contributed by atoms with van der Waals surface area (Å²) < 4.78 is 4.53. The fraction of sp³-hybridized carbons (Fsp3) is 0.0328. The molecule has 3 heterocycles. The van der Waals surface area contributed by atoms with Crippen molar-refractivity contribution in [3.8, 4) is 73.6 Å². The van der Waals surface area contributed by atoms with E-state index in [4.69, 9.17) is 9.97 Å². The lowest BCUT2D eigenvalue weighted by Crippen LogP contribution is -2.06. The number of hydrogen-bond donors (Lipinski definition) is 0. The van der Waals surface area contributed by atoms with Crippen LogP contribution in [0.25, 0.3) is 111 Å². The van der Waals surface area contributed by atoms with E-state index < -0.39 is 0 Å². The summed E-state index contributed by atoms with van der Waals surface area (Å²) >= 11 is 0. The molecule has 0 fully saturated rings. The van der Waals surface area contributed by atoms with Crippen LogP contribution in [0, 0.1) is 25.2 Å². The van der Waals surface area contributed by atoms with Crippen LogP contribution < -0.4 is 0 Å². The molecule has 0 aliphatic heterocycles. The highest BCUT2D eigenvalue weighted by Crippen LogP contribution is 2.42. The van der Waals surface area contributed by atoms with E-state index in [-0.39, 0.29) is 0 Å². The van der Waals surface area contributed by atoms with Crippen LogP contribution in [0.4, 0.5) is 0 Å². The molecule has 310 valence electrons. The molecule has 0 N–H and O–H groups in total. The SMILES string of the molecule is Cc1cccc(-c2ccc3c(c2)c2ccccc2n3-c2cc(-c3nc(-c4ccccc4)cc(-c4ccccc4)n3)cc(-n3c4ccccc4c4cc(-c5cccc(C)c5)ccc43)c2C#N)c1. The van der Waals surface area contributed by atoms with Gasteiger partial charge in [0.2, 0.25) is 0 Å². The van der Waals surface area contributed by atoms with Gasteiger partial charge in [0.1, 0.15) is 11.6 Å². The molecule has 12 aromatic rings. The molecule has 0 amide bonds. The Kier molecular flexibility index (Phi) is 9.25. The standard InChI is InChI=1S/C61H41N5/c1-39-15-13-21-43(31-39)45-27-29-57-50(33-45)48-23-9-11-25-55(48)65(57)59-35-47(61-63-53(41-17-5-3-6-18-41)37-54(64-61)42-19-7-4-8-20-42)36-60(52(59)38-62)66-56-26-12-10-24-49(56)51-34-46(28-30-58(51)66)44-22-14-16-40(2)32-44/h3-37H,1-2H3. The molecule has 0 bridgehead atoms. The zero-order valence-electron chi connectivity index (χ0n) is 36.4. The summed E-state index contributed by atoms with van der Waals surface area (Å²) in [4.78, 5) is 10.7. The van der Waals surface area contributed by atoms with Gasteiger partial charge < -0.3 is 9.13 Å². The third-order valence-electron chi connectivity index (χ3n) is 12.9. The van der Waals surface area contributed by atoms with Gasteiger partial charge in [0.05, 0.1) is 44.8 Å². The number of fused-ring (bicyclic) bond motifs is 6. The number of rotatable bonds is 7. The van der Waals surface area contributed by atoms with Crippen molar-refractivity contribution in [3.63, 3.8) is 0 Å². The summed E-state index contributed by atoms with van der Waals surface area (Å²) in [5.41, 5.74) is 17.5. The average Bonchev–Trinajstić information content (AvgIpc) is 3.88. The van der Waals surface area contributed by atoms with Crippen molar-refractivity contribution in [2.45, 2.75) is 13.8 Å². The molecule has 0 saturated heterocycles.